The molecule has 6 rings (SSSR count). The van der Waals surface area contributed by atoms with E-state index in [0.29, 0.717) is 11.6 Å². The molecule has 1 N–H and O–H groups in total. The zero-order valence-electron chi connectivity index (χ0n) is 18.3. The van der Waals surface area contributed by atoms with E-state index >= 15 is 0 Å². The Morgan fingerprint density at radius 2 is 1.76 bits per heavy atom. The first-order valence-electron chi connectivity index (χ1n) is 10.9. The number of nitrogens with one attached hydrogen (secondary N) is 1. The van der Waals surface area contributed by atoms with Crippen LogP contribution in [0.3, 0.4) is 0 Å². The van der Waals surface area contributed by atoms with Gasteiger partial charge in [-0.1, -0.05) is 48.5 Å². The third-order valence-electron chi connectivity index (χ3n) is 6.79. The van der Waals surface area contributed by atoms with Crippen LogP contribution in [-0.4, -0.2) is 23.5 Å². The number of carbonyl (C=O) groups excluding carboxylic acids is 2. The topological polar surface area (TPSA) is 97.7 Å². The molecule has 8 heteroatoms. The monoisotopic (exact) mass is 461 g/mol. The van der Waals surface area contributed by atoms with Crippen LogP contribution in [0.1, 0.15) is 66.1 Å². The third-order valence-corrected chi connectivity index (χ3v) is 7.56. The van der Waals surface area contributed by atoms with Crippen molar-refractivity contribution in [1.82, 2.24) is 4.98 Å². The second kappa shape index (κ2) is 8.19. The number of esters is 1. The van der Waals surface area contributed by atoms with Crippen molar-refractivity contribution in [1.29, 1.82) is 0 Å². The molecule has 1 heterocycles. The highest BCUT2D eigenvalue weighted by atomic mass is 32.1. The van der Waals surface area contributed by atoms with Gasteiger partial charge in [-0.3, -0.25) is 4.79 Å². The molecule has 0 fully saturated rings. The molecule has 3 aliphatic carbocycles. The Morgan fingerprint density at radius 1 is 1.15 bits per heavy atom. The van der Waals surface area contributed by atoms with Crippen LogP contribution in [0, 0.1) is 10.3 Å². The molecule has 0 saturated heterocycles. The van der Waals surface area contributed by atoms with E-state index in [1.165, 1.54) is 22.3 Å². The average molecular weight is 462 g/mol. The van der Waals surface area contributed by atoms with Gasteiger partial charge in [-0.2, -0.15) is 0 Å². The Balaban J connectivity index is 1.45. The fraction of sp³-hybridized carbons (Fsp3) is 0.320. The molecule has 2 unspecified atom stereocenters. The summed E-state index contributed by atoms with van der Waals surface area (Å²) >= 11 is 1.16. The summed E-state index contributed by atoms with van der Waals surface area (Å²) in [6, 6.07) is 15.4. The van der Waals surface area contributed by atoms with Crippen LogP contribution in [0.15, 0.2) is 59.1 Å². The van der Waals surface area contributed by atoms with Crippen LogP contribution >= 0.6 is 11.3 Å². The zero-order valence-corrected chi connectivity index (χ0v) is 19.1. The lowest BCUT2D eigenvalue weighted by molar-refractivity contribution is -0.144. The van der Waals surface area contributed by atoms with Crippen molar-refractivity contribution in [2.45, 2.75) is 38.1 Å². The van der Waals surface area contributed by atoms with E-state index in [1.807, 2.05) is 19.1 Å². The molecule has 2 atom stereocenters. The van der Waals surface area contributed by atoms with Gasteiger partial charge in [0.1, 0.15) is 0 Å². The first-order chi connectivity index (χ1) is 16.0. The van der Waals surface area contributed by atoms with Crippen LogP contribution in [0.5, 0.6) is 0 Å². The number of nitrogens with zero attached hydrogens (tertiary/aromatic N) is 2. The molecule has 33 heavy (non-hydrogen) atoms. The normalized spacial score (nSPS) is 23.2. The summed E-state index contributed by atoms with van der Waals surface area (Å²) < 4.78 is 4.90. The van der Waals surface area contributed by atoms with E-state index in [1.54, 1.807) is 12.3 Å². The molecular formula is C25H23N3O4S. The number of rotatable bonds is 6. The molecule has 7 nitrogen and oxygen atoms in total. The van der Waals surface area contributed by atoms with Gasteiger partial charge in [-0.25, -0.2) is 9.78 Å². The number of nitroso groups, excluding NO2 is 1. The first kappa shape index (κ1) is 21.5. The van der Waals surface area contributed by atoms with Crippen LogP contribution in [-0.2, 0) is 14.3 Å². The quantitative estimate of drug-likeness (QED) is 0.405. The Morgan fingerprint density at radius 3 is 2.33 bits per heavy atom. The van der Waals surface area contributed by atoms with E-state index in [-0.39, 0.29) is 30.0 Å². The van der Waals surface area contributed by atoms with Crippen LogP contribution in [0.25, 0.3) is 0 Å². The predicted octanol–water partition coefficient (Wildman–Crippen LogP) is 5.14. The minimum Gasteiger partial charge on any atom is -0.464 e. The van der Waals surface area contributed by atoms with E-state index < -0.39 is 17.4 Å². The highest BCUT2D eigenvalue weighted by Gasteiger charge is 2.54. The number of fused-ring (bicyclic) bond motifs is 1. The van der Waals surface area contributed by atoms with Crippen molar-refractivity contribution in [3.63, 3.8) is 0 Å². The second-order valence-corrected chi connectivity index (χ2v) is 9.51. The maximum Gasteiger partial charge on any atom is 0.340 e. The number of carbonyl (C=O) groups is 2. The fourth-order valence-corrected chi connectivity index (χ4v) is 6.06. The summed E-state index contributed by atoms with van der Waals surface area (Å²) in [6.07, 6.45) is 0.692. The minimum absolute atomic E-state index is 0.0711. The molecule has 3 aliphatic rings. The number of ether oxygens (including phenoxy) is 1. The highest BCUT2D eigenvalue weighted by Crippen LogP contribution is 2.61. The van der Waals surface area contributed by atoms with E-state index in [9.17, 15) is 14.5 Å². The third kappa shape index (κ3) is 3.36. The maximum atomic E-state index is 13.7. The van der Waals surface area contributed by atoms with Crippen molar-refractivity contribution in [3.05, 3.63) is 86.8 Å². The maximum absolute atomic E-state index is 13.7. The number of anilines is 1. The lowest BCUT2D eigenvalue weighted by Crippen LogP contribution is -2.47. The Hall–Kier alpha value is -3.39. The number of benzene rings is 2. The van der Waals surface area contributed by atoms with Crippen LogP contribution in [0.2, 0.25) is 0 Å². The highest BCUT2D eigenvalue weighted by molar-refractivity contribution is 7.14. The molecule has 0 aliphatic heterocycles. The number of aromatic nitrogens is 1. The summed E-state index contributed by atoms with van der Waals surface area (Å²) in [5.74, 6) is -0.801. The van der Waals surface area contributed by atoms with Crippen molar-refractivity contribution < 1.29 is 14.3 Å². The minimum atomic E-state index is -1.34. The van der Waals surface area contributed by atoms with Gasteiger partial charge in [0.2, 0.25) is 11.9 Å². The molecule has 0 radical (unpaired) electrons. The fourth-order valence-electron chi connectivity index (χ4n) is 5.34. The molecular weight excluding hydrogens is 438 g/mol. The summed E-state index contributed by atoms with van der Waals surface area (Å²) in [5.41, 5.74) is 4.46. The van der Waals surface area contributed by atoms with Crippen molar-refractivity contribution in [2.75, 3.05) is 11.9 Å². The molecule has 3 aromatic rings. The first-order valence-corrected chi connectivity index (χ1v) is 11.8. The largest absolute Gasteiger partial charge is 0.464 e. The second-order valence-electron chi connectivity index (χ2n) is 8.66. The summed E-state index contributed by atoms with van der Waals surface area (Å²) in [7, 11) is 0. The average Bonchev–Trinajstić information content (AvgIpc) is 3.28. The molecule has 0 saturated carbocycles. The lowest BCUT2D eigenvalue weighted by atomic mass is 9.52. The Kier molecular flexibility index (Phi) is 5.32. The van der Waals surface area contributed by atoms with Gasteiger partial charge >= 0.3 is 5.97 Å². The van der Waals surface area contributed by atoms with E-state index in [2.05, 4.69) is 51.9 Å². The Labute approximate surface area is 195 Å². The molecule has 0 spiro atoms. The van der Waals surface area contributed by atoms with Gasteiger partial charge < -0.3 is 10.1 Å². The molecule has 168 valence electrons. The lowest BCUT2D eigenvalue weighted by Gasteiger charge is -2.50. The SMILES string of the molecule is CCOC(=O)C(N=O)c1csc(NC(=O)C2(C)CC3c4ccccc4C2c2ccccc23)n1. The van der Waals surface area contributed by atoms with Crippen molar-refractivity contribution in [2.24, 2.45) is 10.6 Å². The van der Waals surface area contributed by atoms with E-state index in [0.717, 1.165) is 11.3 Å². The van der Waals surface area contributed by atoms with Gasteiger partial charge in [-0.15, -0.1) is 16.2 Å². The van der Waals surface area contributed by atoms with Crippen LogP contribution in [0.4, 0.5) is 5.13 Å². The smallest absolute Gasteiger partial charge is 0.340 e. The van der Waals surface area contributed by atoms with Gasteiger partial charge in [-0.05, 0) is 47.7 Å². The summed E-state index contributed by atoms with van der Waals surface area (Å²) in [6.45, 7) is 3.80. The molecule has 2 aromatic carbocycles. The molecule has 2 bridgehead atoms. The van der Waals surface area contributed by atoms with Gasteiger partial charge in [0.15, 0.2) is 5.13 Å². The summed E-state index contributed by atoms with van der Waals surface area (Å²) in [5, 5.41) is 7.69. The van der Waals surface area contributed by atoms with Gasteiger partial charge in [0.05, 0.1) is 17.7 Å². The number of hydrogen-bond acceptors (Lipinski definition) is 7. The van der Waals surface area contributed by atoms with Gasteiger partial charge in [0, 0.05) is 17.2 Å². The van der Waals surface area contributed by atoms with Crippen LogP contribution < -0.4 is 5.32 Å². The number of hydrogen-bond donors (Lipinski definition) is 1. The zero-order chi connectivity index (χ0) is 23.2. The van der Waals surface area contributed by atoms with Crippen molar-refractivity contribution >= 4 is 28.3 Å². The standard InChI is InChI=1S/C25H23N3O4S/c1-3-32-22(29)21(28-31)19-13-33-24(26-19)27-23(30)25(2)12-18-14-8-4-6-10-16(14)20(25)17-11-7-5-9-15(17)18/h4-11,13,18,20-21H,3,12H2,1-2H3,(H,26,27,30). The molecule has 1 amide bonds. The number of amides is 1. The van der Waals surface area contributed by atoms with Crippen molar-refractivity contribution in [3.8, 4) is 0 Å². The molecule has 1 aromatic heterocycles. The number of thiazole rings is 1. The predicted molar refractivity (Wildman–Crippen MR) is 125 cm³/mol. The Bertz CT molecular complexity index is 1210. The van der Waals surface area contributed by atoms with E-state index in [4.69, 9.17) is 4.74 Å². The van der Waals surface area contributed by atoms with Gasteiger partial charge in [0.25, 0.3) is 0 Å². The summed E-state index contributed by atoms with van der Waals surface area (Å²) in [4.78, 5) is 41.1.